The summed E-state index contributed by atoms with van der Waals surface area (Å²) >= 11 is 0. The zero-order valence-corrected chi connectivity index (χ0v) is 6.99. The van der Waals surface area contributed by atoms with Crippen LogP contribution in [0, 0.1) is 0 Å². The van der Waals surface area contributed by atoms with Gasteiger partial charge in [0.15, 0.2) is 0 Å². The van der Waals surface area contributed by atoms with Gasteiger partial charge in [0.25, 0.3) is 0 Å². The van der Waals surface area contributed by atoms with Crippen LogP contribution in [0.5, 0.6) is 0 Å². The fraction of sp³-hybridized carbons (Fsp3) is 0.667. The quantitative estimate of drug-likeness (QED) is 0.309. The van der Waals surface area contributed by atoms with Gasteiger partial charge in [-0.2, -0.15) is 0 Å². The number of carbonyl (C=O) groups excluding carboxylic acids is 2. The van der Waals surface area contributed by atoms with Gasteiger partial charge in [0, 0.05) is 0 Å². The third kappa shape index (κ3) is 3.31. The van der Waals surface area contributed by atoms with Gasteiger partial charge in [-0.1, -0.05) is 0 Å². The third-order valence-corrected chi connectivity index (χ3v) is 1.29. The second-order valence-corrected chi connectivity index (χ2v) is 2.02. The first-order valence-corrected chi connectivity index (χ1v) is 3.26. The molecule has 0 saturated heterocycles. The summed E-state index contributed by atoms with van der Waals surface area (Å²) < 4.78 is 8.69. The van der Waals surface area contributed by atoms with E-state index < -0.39 is 18.0 Å². The van der Waals surface area contributed by atoms with Crippen molar-refractivity contribution in [3.8, 4) is 0 Å². The van der Waals surface area contributed by atoms with Gasteiger partial charge in [0.2, 0.25) is 0 Å². The fourth-order valence-corrected chi connectivity index (χ4v) is 0.603. The summed E-state index contributed by atoms with van der Waals surface area (Å²) in [5, 5.41) is 0. The average molecular weight is 176 g/mol. The number of ether oxygens (including phenoxy) is 2. The van der Waals surface area contributed by atoms with Gasteiger partial charge in [-0.15, -0.1) is 0 Å². The first-order valence-electron chi connectivity index (χ1n) is 3.26. The Labute approximate surface area is 70.0 Å². The lowest BCUT2D eigenvalue weighted by atomic mass is 10.2. The zero-order chi connectivity index (χ0) is 9.56. The van der Waals surface area contributed by atoms with Gasteiger partial charge in [-0.3, -0.25) is 15.4 Å². The first kappa shape index (κ1) is 10.9. The smallest absolute Gasteiger partial charge is 0.324 e. The number of carbonyl (C=O) groups is 2. The Kier molecular flexibility index (Phi) is 4.98. The SMILES string of the molecule is COC(=O)C[C@@H](NN)C(=O)OC. The van der Waals surface area contributed by atoms with Gasteiger partial charge < -0.3 is 9.47 Å². The van der Waals surface area contributed by atoms with E-state index in [-0.39, 0.29) is 6.42 Å². The highest BCUT2D eigenvalue weighted by molar-refractivity contribution is 5.82. The summed E-state index contributed by atoms with van der Waals surface area (Å²) in [5.41, 5.74) is 2.14. The highest BCUT2D eigenvalue weighted by atomic mass is 16.5. The molecule has 0 saturated carbocycles. The summed E-state index contributed by atoms with van der Waals surface area (Å²) in [6, 6.07) is -0.845. The molecule has 0 bridgehead atoms. The van der Waals surface area contributed by atoms with Crippen molar-refractivity contribution in [2.75, 3.05) is 14.2 Å². The average Bonchev–Trinajstić information content (AvgIpc) is 2.12. The predicted molar refractivity (Wildman–Crippen MR) is 39.8 cm³/mol. The van der Waals surface area contributed by atoms with Crippen LogP contribution in [0.2, 0.25) is 0 Å². The summed E-state index contributed by atoms with van der Waals surface area (Å²) in [7, 11) is 2.44. The zero-order valence-electron chi connectivity index (χ0n) is 6.99. The Bertz CT molecular complexity index is 171. The molecule has 6 heteroatoms. The van der Waals surface area contributed by atoms with Crippen LogP contribution in [0.15, 0.2) is 0 Å². The van der Waals surface area contributed by atoms with Crippen LogP contribution in [0.25, 0.3) is 0 Å². The molecule has 0 aromatic carbocycles. The largest absolute Gasteiger partial charge is 0.469 e. The molecule has 0 aromatic heterocycles. The molecule has 3 N–H and O–H groups in total. The number of methoxy groups -OCH3 is 2. The van der Waals surface area contributed by atoms with Crippen LogP contribution in [0.3, 0.4) is 0 Å². The highest BCUT2D eigenvalue weighted by Gasteiger charge is 2.21. The maximum atomic E-state index is 10.8. The molecule has 0 aromatic rings. The summed E-state index contributed by atoms with van der Waals surface area (Å²) in [5.74, 6) is 3.87. The lowest BCUT2D eigenvalue weighted by molar-refractivity contribution is -0.149. The van der Waals surface area contributed by atoms with Crippen LogP contribution >= 0.6 is 0 Å². The third-order valence-electron chi connectivity index (χ3n) is 1.29. The minimum atomic E-state index is -0.845. The van der Waals surface area contributed by atoms with E-state index in [0.29, 0.717) is 0 Å². The molecule has 12 heavy (non-hydrogen) atoms. The van der Waals surface area contributed by atoms with Gasteiger partial charge in [0.1, 0.15) is 6.04 Å². The molecule has 0 aliphatic carbocycles. The maximum absolute atomic E-state index is 10.8. The molecule has 0 amide bonds. The number of rotatable bonds is 4. The van der Waals surface area contributed by atoms with E-state index in [1.165, 1.54) is 14.2 Å². The number of nitrogens with one attached hydrogen (secondary N) is 1. The molecule has 0 heterocycles. The molecular formula is C6H12N2O4. The summed E-state index contributed by atoms with van der Waals surface area (Å²) in [6.07, 6.45) is -0.139. The van der Waals surface area contributed by atoms with Gasteiger partial charge in [-0.05, 0) is 0 Å². The number of hydrogen-bond acceptors (Lipinski definition) is 6. The molecule has 0 aliphatic heterocycles. The Morgan fingerprint density at radius 2 is 2.00 bits per heavy atom. The van der Waals surface area contributed by atoms with Gasteiger partial charge >= 0.3 is 11.9 Å². The number of nitrogens with two attached hydrogens (primary N) is 1. The Morgan fingerprint density at radius 3 is 2.33 bits per heavy atom. The number of hydrazine groups is 1. The van der Waals surface area contributed by atoms with Crippen molar-refractivity contribution in [3.05, 3.63) is 0 Å². The van der Waals surface area contributed by atoms with Crippen LogP contribution in [0.1, 0.15) is 6.42 Å². The first-order chi connectivity index (χ1) is 5.65. The van der Waals surface area contributed by atoms with Crippen molar-refractivity contribution < 1.29 is 19.1 Å². The van der Waals surface area contributed by atoms with Crippen LogP contribution < -0.4 is 11.3 Å². The summed E-state index contributed by atoms with van der Waals surface area (Å²) in [4.78, 5) is 21.5. The fourth-order valence-electron chi connectivity index (χ4n) is 0.603. The maximum Gasteiger partial charge on any atom is 0.324 e. The Balaban J connectivity index is 3.99. The van der Waals surface area contributed by atoms with Crippen molar-refractivity contribution in [3.63, 3.8) is 0 Å². The standard InChI is InChI=1S/C6H12N2O4/c1-11-5(9)3-4(8-7)6(10)12-2/h4,8H,3,7H2,1-2H3/t4-/m1/s1. The van der Waals surface area contributed by atoms with Crippen molar-refractivity contribution in [1.82, 2.24) is 5.43 Å². The van der Waals surface area contributed by atoms with Crippen LogP contribution in [0.4, 0.5) is 0 Å². The molecule has 0 fully saturated rings. The van der Waals surface area contributed by atoms with Crippen molar-refractivity contribution >= 4 is 11.9 Å². The molecule has 0 unspecified atom stereocenters. The Morgan fingerprint density at radius 1 is 1.42 bits per heavy atom. The second-order valence-electron chi connectivity index (χ2n) is 2.02. The molecule has 0 aliphatic rings. The molecule has 70 valence electrons. The van der Waals surface area contributed by atoms with Crippen LogP contribution in [-0.2, 0) is 19.1 Å². The minimum Gasteiger partial charge on any atom is -0.469 e. The molecule has 6 nitrogen and oxygen atoms in total. The van der Waals surface area contributed by atoms with Gasteiger partial charge in [-0.25, -0.2) is 5.43 Å². The monoisotopic (exact) mass is 176 g/mol. The molecule has 0 radical (unpaired) electrons. The predicted octanol–water partition coefficient (Wildman–Crippen LogP) is -1.45. The van der Waals surface area contributed by atoms with Crippen LogP contribution in [-0.4, -0.2) is 32.2 Å². The Hall–Kier alpha value is -1.14. The normalized spacial score (nSPS) is 11.9. The van der Waals surface area contributed by atoms with Crippen molar-refractivity contribution in [2.24, 2.45) is 5.84 Å². The number of esters is 2. The highest BCUT2D eigenvalue weighted by Crippen LogP contribution is 1.94. The second kappa shape index (κ2) is 5.50. The van der Waals surface area contributed by atoms with E-state index >= 15 is 0 Å². The minimum absolute atomic E-state index is 0.139. The summed E-state index contributed by atoms with van der Waals surface area (Å²) in [6.45, 7) is 0. The van der Waals surface area contributed by atoms with Gasteiger partial charge in [0.05, 0.1) is 20.6 Å². The number of hydrogen-bond donors (Lipinski definition) is 2. The van der Waals surface area contributed by atoms with E-state index in [9.17, 15) is 9.59 Å². The molecule has 0 spiro atoms. The van der Waals surface area contributed by atoms with E-state index in [2.05, 4.69) is 14.9 Å². The van der Waals surface area contributed by atoms with E-state index in [4.69, 9.17) is 5.84 Å². The van der Waals surface area contributed by atoms with E-state index in [1.54, 1.807) is 0 Å². The molecular weight excluding hydrogens is 164 g/mol. The lowest BCUT2D eigenvalue weighted by Gasteiger charge is -2.10. The van der Waals surface area contributed by atoms with Crippen molar-refractivity contribution in [2.45, 2.75) is 12.5 Å². The lowest BCUT2D eigenvalue weighted by Crippen LogP contribution is -2.43. The molecule has 0 rings (SSSR count). The van der Waals surface area contributed by atoms with E-state index in [1.807, 2.05) is 0 Å². The van der Waals surface area contributed by atoms with Crippen molar-refractivity contribution in [1.29, 1.82) is 0 Å². The molecule has 1 atom stereocenters. The topological polar surface area (TPSA) is 90.6 Å². The van der Waals surface area contributed by atoms with E-state index in [0.717, 1.165) is 0 Å².